The summed E-state index contributed by atoms with van der Waals surface area (Å²) in [7, 11) is 0. The molecule has 0 unspecified atom stereocenters. The maximum atomic E-state index is 13.7. The van der Waals surface area contributed by atoms with Gasteiger partial charge in [-0.3, -0.25) is 4.79 Å². The van der Waals surface area contributed by atoms with E-state index in [1.807, 2.05) is 0 Å². The first kappa shape index (κ1) is 13.4. The molecule has 0 fully saturated rings. The fraction of sp³-hybridized carbons (Fsp3) is 0.0833. The highest BCUT2D eigenvalue weighted by Crippen LogP contribution is 2.17. The normalized spacial score (nSPS) is 10.3. The van der Waals surface area contributed by atoms with Crippen LogP contribution in [0.2, 0.25) is 5.15 Å². The maximum absolute atomic E-state index is 13.7. The first-order valence-electron chi connectivity index (χ1n) is 5.22. The summed E-state index contributed by atoms with van der Waals surface area (Å²) >= 11 is 5.53. The number of anilines is 1. The fourth-order valence-electron chi connectivity index (χ4n) is 1.42. The molecule has 0 bridgehead atoms. The Morgan fingerprint density at radius 2 is 2.00 bits per heavy atom. The van der Waals surface area contributed by atoms with Gasteiger partial charge in [0.2, 0.25) is 0 Å². The average molecular weight is 284 g/mol. The second-order valence-corrected chi connectivity index (χ2v) is 4.12. The molecule has 0 aliphatic heterocycles. The van der Waals surface area contributed by atoms with Gasteiger partial charge < -0.3 is 5.32 Å². The molecule has 19 heavy (non-hydrogen) atoms. The molecule has 2 rings (SSSR count). The van der Waals surface area contributed by atoms with Crippen molar-refractivity contribution in [3.8, 4) is 0 Å². The highest BCUT2D eigenvalue weighted by Gasteiger charge is 2.19. The summed E-state index contributed by atoms with van der Waals surface area (Å²) in [6.07, 6.45) is 2.39. The van der Waals surface area contributed by atoms with Gasteiger partial charge in [-0.05, 0) is 18.6 Å². The third-order valence-electron chi connectivity index (χ3n) is 2.37. The van der Waals surface area contributed by atoms with Crippen molar-refractivity contribution >= 4 is 23.3 Å². The molecule has 1 aromatic carbocycles. The van der Waals surface area contributed by atoms with E-state index >= 15 is 0 Å². The van der Waals surface area contributed by atoms with Crippen LogP contribution in [0.4, 0.5) is 14.6 Å². The van der Waals surface area contributed by atoms with Gasteiger partial charge in [-0.15, -0.1) is 0 Å². The number of amides is 1. The third-order valence-corrected chi connectivity index (χ3v) is 2.57. The number of nitrogens with zero attached hydrogens (tertiary/aromatic N) is 2. The van der Waals surface area contributed by atoms with Crippen molar-refractivity contribution in [1.82, 2.24) is 9.97 Å². The minimum Gasteiger partial charge on any atom is -0.305 e. The second-order valence-electron chi connectivity index (χ2n) is 3.73. The van der Waals surface area contributed by atoms with Crippen molar-refractivity contribution in [2.75, 3.05) is 5.32 Å². The molecule has 0 aliphatic rings. The first-order chi connectivity index (χ1) is 8.99. The van der Waals surface area contributed by atoms with Crippen LogP contribution in [0, 0.1) is 18.6 Å². The Kier molecular flexibility index (Phi) is 3.71. The van der Waals surface area contributed by atoms with Crippen LogP contribution in [-0.2, 0) is 0 Å². The highest BCUT2D eigenvalue weighted by molar-refractivity contribution is 6.29. The summed E-state index contributed by atoms with van der Waals surface area (Å²) < 4.78 is 27.2. The molecular formula is C12H8ClF2N3O. The number of aromatic nitrogens is 2. The van der Waals surface area contributed by atoms with Crippen molar-refractivity contribution < 1.29 is 13.6 Å². The van der Waals surface area contributed by atoms with Gasteiger partial charge in [0.1, 0.15) is 22.4 Å². The van der Waals surface area contributed by atoms with Crippen LogP contribution < -0.4 is 5.32 Å². The fourth-order valence-corrected chi connectivity index (χ4v) is 1.52. The number of nitrogens with one attached hydrogen (secondary N) is 1. The quantitative estimate of drug-likeness (QED) is 0.922. The van der Waals surface area contributed by atoms with Crippen molar-refractivity contribution in [1.29, 1.82) is 0 Å². The Bertz CT molecular complexity index is 632. The van der Waals surface area contributed by atoms with Gasteiger partial charge >= 0.3 is 0 Å². The summed E-state index contributed by atoms with van der Waals surface area (Å²) in [6, 6.07) is 2.28. The lowest BCUT2D eigenvalue weighted by molar-refractivity contribution is 0.101. The molecule has 1 aromatic heterocycles. The van der Waals surface area contributed by atoms with Crippen molar-refractivity contribution in [2.24, 2.45) is 0 Å². The van der Waals surface area contributed by atoms with Gasteiger partial charge in [0.05, 0.1) is 12.4 Å². The maximum Gasteiger partial charge on any atom is 0.262 e. The van der Waals surface area contributed by atoms with Gasteiger partial charge in [-0.25, -0.2) is 18.7 Å². The van der Waals surface area contributed by atoms with Crippen LogP contribution in [0.3, 0.4) is 0 Å². The summed E-state index contributed by atoms with van der Waals surface area (Å²) in [6.45, 7) is 1.44. The number of benzene rings is 1. The lowest BCUT2D eigenvalue weighted by atomic mass is 10.1. The van der Waals surface area contributed by atoms with Crippen LogP contribution >= 0.6 is 11.6 Å². The number of aryl methyl sites for hydroxylation is 1. The SMILES string of the molecule is Cc1ccc(F)c(C(=O)Nc2cnc(Cl)cn2)c1F. The largest absolute Gasteiger partial charge is 0.305 e. The molecular weight excluding hydrogens is 276 g/mol. The zero-order valence-corrected chi connectivity index (χ0v) is 10.5. The lowest BCUT2D eigenvalue weighted by Gasteiger charge is -2.07. The Hall–Kier alpha value is -2.08. The number of hydrogen-bond donors (Lipinski definition) is 1. The summed E-state index contributed by atoms with van der Waals surface area (Å²) in [5.41, 5.74) is -0.481. The van der Waals surface area contributed by atoms with Crippen LogP contribution in [-0.4, -0.2) is 15.9 Å². The van der Waals surface area contributed by atoms with E-state index in [2.05, 4.69) is 15.3 Å². The van der Waals surface area contributed by atoms with Gasteiger partial charge in [-0.2, -0.15) is 0 Å². The molecule has 0 saturated carbocycles. The number of halogens is 3. The predicted octanol–water partition coefficient (Wildman–Crippen LogP) is 2.97. The smallest absolute Gasteiger partial charge is 0.262 e. The van der Waals surface area contributed by atoms with E-state index in [1.54, 1.807) is 0 Å². The summed E-state index contributed by atoms with van der Waals surface area (Å²) in [4.78, 5) is 19.2. The molecule has 98 valence electrons. The molecule has 1 heterocycles. The molecule has 0 radical (unpaired) electrons. The van der Waals surface area contributed by atoms with Crippen LogP contribution in [0.25, 0.3) is 0 Å². The minimum absolute atomic E-state index is 0.0507. The Morgan fingerprint density at radius 3 is 2.63 bits per heavy atom. The third kappa shape index (κ3) is 2.85. The van der Waals surface area contributed by atoms with Crippen LogP contribution in [0.15, 0.2) is 24.5 Å². The van der Waals surface area contributed by atoms with Crippen LogP contribution in [0.5, 0.6) is 0 Å². The number of carbonyl (C=O) groups is 1. The molecule has 1 amide bonds. The molecule has 2 aromatic rings. The topological polar surface area (TPSA) is 54.9 Å². The van der Waals surface area contributed by atoms with Gasteiger partial charge in [-0.1, -0.05) is 17.7 Å². The van der Waals surface area contributed by atoms with E-state index in [0.717, 1.165) is 6.07 Å². The molecule has 0 aliphatic carbocycles. The van der Waals surface area contributed by atoms with E-state index in [1.165, 1.54) is 25.4 Å². The lowest BCUT2D eigenvalue weighted by Crippen LogP contribution is -2.17. The van der Waals surface area contributed by atoms with Gasteiger partial charge in [0.25, 0.3) is 5.91 Å². The van der Waals surface area contributed by atoms with Crippen molar-refractivity contribution in [3.63, 3.8) is 0 Å². The van der Waals surface area contributed by atoms with E-state index in [9.17, 15) is 13.6 Å². The zero-order valence-electron chi connectivity index (χ0n) is 9.75. The van der Waals surface area contributed by atoms with Crippen molar-refractivity contribution in [3.05, 3.63) is 52.4 Å². The van der Waals surface area contributed by atoms with E-state index in [4.69, 9.17) is 11.6 Å². The van der Waals surface area contributed by atoms with E-state index < -0.39 is 23.1 Å². The Balaban J connectivity index is 2.30. The highest BCUT2D eigenvalue weighted by atomic mass is 35.5. The van der Waals surface area contributed by atoms with Gasteiger partial charge in [0, 0.05) is 0 Å². The van der Waals surface area contributed by atoms with Gasteiger partial charge in [0.15, 0.2) is 5.82 Å². The number of rotatable bonds is 2. The molecule has 7 heteroatoms. The first-order valence-corrected chi connectivity index (χ1v) is 5.60. The Labute approximate surface area is 112 Å². The average Bonchev–Trinajstić information content (AvgIpc) is 2.37. The minimum atomic E-state index is -0.942. The van der Waals surface area contributed by atoms with E-state index in [0.29, 0.717) is 0 Å². The van der Waals surface area contributed by atoms with E-state index in [-0.39, 0.29) is 16.5 Å². The molecule has 4 nitrogen and oxygen atoms in total. The molecule has 0 atom stereocenters. The Morgan fingerprint density at radius 1 is 1.26 bits per heavy atom. The standard InChI is InChI=1S/C12H8ClF2N3O/c1-6-2-3-7(14)10(11(6)15)12(19)18-9-5-16-8(13)4-17-9/h2-5H,1H3,(H,17,18,19). The number of carbonyl (C=O) groups excluding carboxylic acids is 1. The second kappa shape index (κ2) is 5.27. The molecule has 0 saturated heterocycles. The zero-order chi connectivity index (χ0) is 14.0. The summed E-state index contributed by atoms with van der Waals surface area (Å²) in [5, 5.41) is 2.39. The number of hydrogen-bond acceptors (Lipinski definition) is 3. The monoisotopic (exact) mass is 283 g/mol. The summed E-state index contributed by atoms with van der Waals surface area (Å²) in [5.74, 6) is -2.73. The predicted molar refractivity (Wildman–Crippen MR) is 66.1 cm³/mol. The molecule has 1 N–H and O–H groups in total. The van der Waals surface area contributed by atoms with Crippen LogP contribution in [0.1, 0.15) is 15.9 Å². The molecule has 0 spiro atoms. The van der Waals surface area contributed by atoms with Crippen molar-refractivity contribution in [2.45, 2.75) is 6.92 Å².